The van der Waals surface area contributed by atoms with Crippen molar-refractivity contribution in [3.8, 4) is 11.4 Å². The van der Waals surface area contributed by atoms with Crippen molar-refractivity contribution in [3.63, 3.8) is 0 Å². The molecule has 2 aromatic heterocycles. The lowest BCUT2D eigenvalue weighted by atomic mass is 10.2. The van der Waals surface area contributed by atoms with Gasteiger partial charge in [0, 0.05) is 30.2 Å². The molecule has 0 spiro atoms. The Hall–Kier alpha value is -3.29. The van der Waals surface area contributed by atoms with E-state index in [0.29, 0.717) is 23.9 Å². The normalized spacial score (nSPS) is 16.7. The van der Waals surface area contributed by atoms with Crippen molar-refractivity contribution in [2.45, 2.75) is 18.9 Å². The van der Waals surface area contributed by atoms with Gasteiger partial charge in [0.05, 0.1) is 6.04 Å². The van der Waals surface area contributed by atoms with Gasteiger partial charge in [-0.05, 0) is 49.2 Å². The van der Waals surface area contributed by atoms with E-state index in [2.05, 4.69) is 25.5 Å². The van der Waals surface area contributed by atoms with Gasteiger partial charge in [0.25, 0.3) is 0 Å². The molecule has 1 aliphatic heterocycles. The van der Waals surface area contributed by atoms with Gasteiger partial charge in [0.2, 0.25) is 0 Å². The number of aromatic nitrogens is 4. The zero-order valence-corrected chi connectivity index (χ0v) is 13.9. The number of hydrogen-bond acceptors (Lipinski definition) is 4. The minimum Gasteiger partial charge on any atom is -0.314 e. The Labute approximate surface area is 149 Å². The molecule has 1 fully saturated rings. The fourth-order valence-corrected chi connectivity index (χ4v) is 3.07. The van der Waals surface area contributed by atoms with Gasteiger partial charge in [-0.2, -0.15) is 5.10 Å². The molecule has 3 heterocycles. The molecule has 1 atom stereocenters. The maximum atomic E-state index is 13.0. The molecule has 0 aliphatic carbocycles. The van der Waals surface area contributed by atoms with Crippen LogP contribution in [0.3, 0.4) is 0 Å². The van der Waals surface area contributed by atoms with Crippen LogP contribution in [0, 0.1) is 5.82 Å². The Balaban J connectivity index is 1.50. The lowest BCUT2D eigenvalue weighted by Gasteiger charge is -2.23. The third-order valence-corrected chi connectivity index (χ3v) is 4.35. The summed E-state index contributed by atoms with van der Waals surface area (Å²) in [5, 5.41) is 9.98. The minimum absolute atomic E-state index is 0.173. The zero-order valence-electron chi connectivity index (χ0n) is 13.9. The van der Waals surface area contributed by atoms with E-state index in [0.717, 1.165) is 18.4 Å². The standard InChI is InChI=1S/C18H17FN6O/c19-13-5-7-14(8-6-13)21-18(26)25-10-2-4-15(25)17-22-16(23-24-17)12-3-1-9-20-11-12/h1,3,5-9,11,15H,2,4,10H2,(H,21,26)(H,22,23,24)/t15-/m0/s1. The Bertz CT molecular complexity index is 896. The van der Waals surface area contributed by atoms with E-state index < -0.39 is 0 Å². The van der Waals surface area contributed by atoms with Crippen LogP contribution in [0.2, 0.25) is 0 Å². The van der Waals surface area contributed by atoms with Gasteiger partial charge >= 0.3 is 6.03 Å². The van der Waals surface area contributed by atoms with Gasteiger partial charge in [-0.15, -0.1) is 0 Å². The molecule has 2 N–H and O–H groups in total. The zero-order chi connectivity index (χ0) is 17.9. The molecule has 0 unspecified atom stereocenters. The van der Waals surface area contributed by atoms with Crippen LogP contribution >= 0.6 is 0 Å². The number of likely N-dealkylation sites (tertiary alicyclic amines) is 1. The second-order valence-electron chi connectivity index (χ2n) is 6.07. The van der Waals surface area contributed by atoms with Crippen molar-refractivity contribution in [2.75, 3.05) is 11.9 Å². The number of rotatable bonds is 3. The van der Waals surface area contributed by atoms with E-state index in [1.807, 2.05) is 12.1 Å². The molecule has 1 aromatic carbocycles. The fraction of sp³-hybridized carbons (Fsp3) is 0.222. The summed E-state index contributed by atoms with van der Waals surface area (Å²) in [4.78, 5) is 22.9. The molecule has 0 radical (unpaired) electrons. The van der Waals surface area contributed by atoms with Gasteiger partial charge < -0.3 is 10.2 Å². The number of urea groups is 1. The number of aromatic amines is 1. The Morgan fingerprint density at radius 1 is 1.27 bits per heavy atom. The summed E-state index contributed by atoms with van der Waals surface area (Å²) >= 11 is 0. The molecule has 1 aliphatic rings. The molecule has 26 heavy (non-hydrogen) atoms. The van der Waals surface area contributed by atoms with Gasteiger partial charge in [-0.25, -0.2) is 14.2 Å². The van der Waals surface area contributed by atoms with E-state index in [-0.39, 0.29) is 17.9 Å². The summed E-state index contributed by atoms with van der Waals surface area (Å²) in [6.45, 7) is 0.626. The molecule has 2 amide bonds. The molecule has 0 bridgehead atoms. The van der Waals surface area contributed by atoms with Crippen LogP contribution < -0.4 is 5.32 Å². The van der Waals surface area contributed by atoms with Crippen LogP contribution in [0.5, 0.6) is 0 Å². The number of nitrogens with one attached hydrogen (secondary N) is 2. The summed E-state index contributed by atoms with van der Waals surface area (Å²) in [5.41, 5.74) is 1.37. The maximum Gasteiger partial charge on any atom is 0.322 e. The van der Waals surface area contributed by atoms with E-state index in [4.69, 9.17) is 0 Å². The van der Waals surface area contributed by atoms with Crippen molar-refractivity contribution >= 4 is 11.7 Å². The van der Waals surface area contributed by atoms with E-state index >= 15 is 0 Å². The van der Waals surface area contributed by atoms with Gasteiger partial charge in [0.15, 0.2) is 5.82 Å². The van der Waals surface area contributed by atoms with E-state index in [1.54, 1.807) is 17.3 Å². The van der Waals surface area contributed by atoms with Crippen LogP contribution in [0.4, 0.5) is 14.9 Å². The smallest absolute Gasteiger partial charge is 0.314 e. The van der Waals surface area contributed by atoms with Crippen molar-refractivity contribution in [3.05, 3.63) is 60.4 Å². The van der Waals surface area contributed by atoms with Crippen LogP contribution in [-0.2, 0) is 0 Å². The number of halogens is 1. The first-order chi connectivity index (χ1) is 12.7. The Morgan fingerprint density at radius 3 is 2.88 bits per heavy atom. The minimum atomic E-state index is -0.341. The van der Waals surface area contributed by atoms with Crippen LogP contribution in [0.25, 0.3) is 11.4 Å². The van der Waals surface area contributed by atoms with Crippen LogP contribution in [0.15, 0.2) is 48.8 Å². The maximum absolute atomic E-state index is 13.0. The van der Waals surface area contributed by atoms with Crippen molar-refractivity contribution in [2.24, 2.45) is 0 Å². The summed E-state index contributed by atoms with van der Waals surface area (Å²) in [7, 11) is 0. The largest absolute Gasteiger partial charge is 0.322 e. The number of carbonyl (C=O) groups is 1. The van der Waals surface area contributed by atoms with Crippen LogP contribution in [0.1, 0.15) is 24.7 Å². The van der Waals surface area contributed by atoms with Crippen molar-refractivity contribution in [1.29, 1.82) is 0 Å². The van der Waals surface area contributed by atoms with Crippen LogP contribution in [-0.4, -0.2) is 37.6 Å². The number of benzene rings is 1. The van der Waals surface area contributed by atoms with Gasteiger partial charge in [-0.1, -0.05) is 0 Å². The third-order valence-electron chi connectivity index (χ3n) is 4.35. The number of anilines is 1. The molecular weight excluding hydrogens is 335 g/mol. The summed E-state index contributed by atoms with van der Waals surface area (Å²) < 4.78 is 13.0. The molecule has 132 valence electrons. The van der Waals surface area contributed by atoms with Crippen molar-refractivity contribution < 1.29 is 9.18 Å². The number of hydrogen-bond donors (Lipinski definition) is 2. The first-order valence-corrected chi connectivity index (χ1v) is 8.36. The van der Waals surface area contributed by atoms with E-state index in [1.165, 1.54) is 24.3 Å². The molecule has 1 saturated heterocycles. The topological polar surface area (TPSA) is 86.8 Å². The third kappa shape index (κ3) is 3.26. The average molecular weight is 352 g/mol. The molecule has 3 aromatic rings. The summed E-state index contributed by atoms with van der Waals surface area (Å²) in [6.07, 6.45) is 5.07. The molecule has 7 nitrogen and oxygen atoms in total. The highest BCUT2D eigenvalue weighted by Gasteiger charge is 2.32. The average Bonchev–Trinajstić information content (AvgIpc) is 3.33. The number of pyridine rings is 1. The summed E-state index contributed by atoms with van der Waals surface area (Å²) in [5.74, 6) is 0.862. The van der Waals surface area contributed by atoms with Gasteiger partial charge in [-0.3, -0.25) is 10.1 Å². The molecule has 0 saturated carbocycles. The predicted octanol–water partition coefficient (Wildman–Crippen LogP) is 3.37. The lowest BCUT2D eigenvalue weighted by molar-refractivity contribution is 0.205. The first-order valence-electron chi connectivity index (χ1n) is 8.36. The second kappa shape index (κ2) is 6.91. The molecular formula is C18H17FN6O. The molecule has 8 heteroatoms. The lowest BCUT2D eigenvalue weighted by Crippen LogP contribution is -2.34. The van der Waals surface area contributed by atoms with E-state index in [9.17, 15) is 9.18 Å². The highest BCUT2D eigenvalue weighted by molar-refractivity contribution is 5.89. The van der Waals surface area contributed by atoms with Crippen molar-refractivity contribution in [1.82, 2.24) is 25.1 Å². The monoisotopic (exact) mass is 352 g/mol. The predicted molar refractivity (Wildman–Crippen MR) is 93.7 cm³/mol. The number of nitrogens with zero attached hydrogens (tertiary/aromatic N) is 4. The highest BCUT2D eigenvalue weighted by Crippen LogP contribution is 2.31. The number of carbonyl (C=O) groups excluding carboxylic acids is 1. The Kier molecular flexibility index (Phi) is 4.30. The first kappa shape index (κ1) is 16.2. The fourth-order valence-electron chi connectivity index (χ4n) is 3.07. The number of H-pyrrole nitrogens is 1. The molecule has 4 rings (SSSR count). The second-order valence-corrected chi connectivity index (χ2v) is 6.07. The SMILES string of the molecule is O=C(Nc1ccc(F)cc1)N1CCC[C@H]1c1nc(-c2cccnc2)n[nH]1. The van der Waals surface area contributed by atoms with Gasteiger partial charge in [0.1, 0.15) is 11.6 Å². The summed E-state index contributed by atoms with van der Waals surface area (Å²) in [6, 6.07) is 8.99. The number of amides is 2. The quantitative estimate of drug-likeness (QED) is 0.756. The Morgan fingerprint density at radius 2 is 2.12 bits per heavy atom. The highest BCUT2D eigenvalue weighted by atomic mass is 19.1.